The second-order valence-electron chi connectivity index (χ2n) is 5.63. The molecule has 1 aliphatic heterocycles. The van der Waals surface area contributed by atoms with Crippen LogP contribution in [0.1, 0.15) is 37.3 Å². The molecule has 1 aromatic rings. The number of anilines is 1. The molecule has 0 saturated carbocycles. The second-order valence-corrected chi connectivity index (χ2v) is 5.63. The van der Waals surface area contributed by atoms with E-state index in [1.807, 2.05) is 0 Å². The van der Waals surface area contributed by atoms with Gasteiger partial charge in [-0.25, -0.2) is 0 Å². The van der Waals surface area contributed by atoms with Gasteiger partial charge in [-0.05, 0) is 61.9 Å². The number of aryl methyl sites for hydroxylation is 2. The Kier molecular flexibility index (Phi) is 3.55. The minimum atomic E-state index is 0.737. The van der Waals surface area contributed by atoms with Crippen molar-refractivity contribution in [2.24, 2.45) is 0 Å². The lowest BCUT2D eigenvalue weighted by molar-refractivity contribution is 0.424. The smallest absolute Gasteiger partial charge is 0.0369 e. The standard InChI is InChI=1S/C16H24N2/c1-2-17-15-8-10-18(11-9-15)16-7-6-13-4-3-5-14(13)12-16/h6-7,12,15,17H,2-5,8-11H2,1H3. The third kappa shape index (κ3) is 2.39. The number of piperidine rings is 1. The van der Waals surface area contributed by atoms with Crippen molar-refractivity contribution < 1.29 is 0 Å². The van der Waals surface area contributed by atoms with Crippen LogP contribution in [0, 0.1) is 0 Å². The molecular formula is C16H24N2. The van der Waals surface area contributed by atoms with Crippen molar-refractivity contribution in [2.45, 2.75) is 45.1 Å². The maximum Gasteiger partial charge on any atom is 0.0369 e. The Morgan fingerprint density at radius 2 is 1.94 bits per heavy atom. The summed E-state index contributed by atoms with van der Waals surface area (Å²) in [6.45, 7) is 5.71. The Bertz CT molecular complexity index is 406. The van der Waals surface area contributed by atoms with Crippen LogP contribution in [-0.4, -0.2) is 25.7 Å². The first-order valence-corrected chi connectivity index (χ1v) is 7.47. The summed E-state index contributed by atoms with van der Waals surface area (Å²) < 4.78 is 0. The summed E-state index contributed by atoms with van der Waals surface area (Å²) in [4.78, 5) is 2.56. The van der Waals surface area contributed by atoms with Gasteiger partial charge in [-0.3, -0.25) is 0 Å². The van der Waals surface area contributed by atoms with Crippen molar-refractivity contribution in [3.05, 3.63) is 29.3 Å². The maximum atomic E-state index is 3.57. The van der Waals surface area contributed by atoms with Gasteiger partial charge in [-0.1, -0.05) is 13.0 Å². The van der Waals surface area contributed by atoms with Crippen molar-refractivity contribution in [3.63, 3.8) is 0 Å². The Morgan fingerprint density at radius 3 is 2.72 bits per heavy atom. The molecule has 0 aromatic heterocycles. The minimum absolute atomic E-state index is 0.737. The molecule has 2 nitrogen and oxygen atoms in total. The zero-order chi connectivity index (χ0) is 12.4. The van der Waals surface area contributed by atoms with E-state index < -0.39 is 0 Å². The third-order valence-corrected chi connectivity index (χ3v) is 4.43. The van der Waals surface area contributed by atoms with Gasteiger partial charge in [0, 0.05) is 24.8 Å². The van der Waals surface area contributed by atoms with E-state index in [0.717, 1.165) is 12.6 Å². The fourth-order valence-corrected chi connectivity index (χ4v) is 3.39. The number of hydrogen-bond acceptors (Lipinski definition) is 2. The number of nitrogens with one attached hydrogen (secondary N) is 1. The van der Waals surface area contributed by atoms with Gasteiger partial charge in [0.15, 0.2) is 0 Å². The quantitative estimate of drug-likeness (QED) is 0.879. The van der Waals surface area contributed by atoms with E-state index in [1.165, 1.54) is 50.9 Å². The van der Waals surface area contributed by atoms with Gasteiger partial charge >= 0.3 is 0 Å². The predicted octanol–water partition coefficient (Wildman–Crippen LogP) is 2.75. The summed E-state index contributed by atoms with van der Waals surface area (Å²) in [5.41, 5.74) is 4.63. The second kappa shape index (κ2) is 5.31. The lowest BCUT2D eigenvalue weighted by Crippen LogP contribution is -2.42. The zero-order valence-electron chi connectivity index (χ0n) is 11.4. The van der Waals surface area contributed by atoms with Crippen LogP contribution in [0.15, 0.2) is 18.2 Å². The number of nitrogens with zero attached hydrogens (tertiary/aromatic N) is 1. The topological polar surface area (TPSA) is 15.3 Å². The van der Waals surface area contributed by atoms with Crippen LogP contribution in [0.25, 0.3) is 0 Å². The van der Waals surface area contributed by atoms with Gasteiger partial charge in [-0.2, -0.15) is 0 Å². The monoisotopic (exact) mass is 244 g/mol. The number of fused-ring (bicyclic) bond motifs is 1. The summed E-state index contributed by atoms with van der Waals surface area (Å²) in [6.07, 6.45) is 6.49. The Labute approximate surface area is 110 Å². The van der Waals surface area contributed by atoms with E-state index in [1.54, 1.807) is 11.1 Å². The first-order valence-electron chi connectivity index (χ1n) is 7.47. The van der Waals surface area contributed by atoms with Gasteiger partial charge in [0.25, 0.3) is 0 Å². The maximum absolute atomic E-state index is 3.57. The molecule has 1 aromatic carbocycles. The van der Waals surface area contributed by atoms with Crippen molar-refractivity contribution in [3.8, 4) is 0 Å². The number of benzene rings is 1. The highest BCUT2D eigenvalue weighted by Gasteiger charge is 2.19. The normalized spacial score (nSPS) is 20.2. The van der Waals surface area contributed by atoms with E-state index in [9.17, 15) is 0 Å². The SMILES string of the molecule is CCNC1CCN(c2ccc3c(c2)CCC3)CC1. The van der Waals surface area contributed by atoms with E-state index in [4.69, 9.17) is 0 Å². The molecule has 0 amide bonds. The van der Waals surface area contributed by atoms with Gasteiger partial charge in [0.1, 0.15) is 0 Å². The van der Waals surface area contributed by atoms with Gasteiger partial charge in [0.05, 0.1) is 0 Å². The van der Waals surface area contributed by atoms with E-state index in [-0.39, 0.29) is 0 Å². The number of hydrogen-bond donors (Lipinski definition) is 1. The van der Waals surface area contributed by atoms with E-state index in [2.05, 4.69) is 35.3 Å². The van der Waals surface area contributed by atoms with Gasteiger partial charge in [-0.15, -0.1) is 0 Å². The molecule has 3 rings (SSSR count). The van der Waals surface area contributed by atoms with Crippen LogP contribution < -0.4 is 10.2 Å². The van der Waals surface area contributed by atoms with Crippen LogP contribution in [0.3, 0.4) is 0 Å². The highest BCUT2D eigenvalue weighted by Crippen LogP contribution is 2.28. The molecule has 0 atom stereocenters. The average Bonchev–Trinajstić information content (AvgIpc) is 2.87. The first-order chi connectivity index (χ1) is 8.86. The van der Waals surface area contributed by atoms with Crippen molar-refractivity contribution in [1.82, 2.24) is 5.32 Å². The van der Waals surface area contributed by atoms with Gasteiger partial charge < -0.3 is 10.2 Å². The zero-order valence-corrected chi connectivity index (χ0v) is 11.4. The summed E-state index contributed by atoms with van der Waals surface area (Å²) in [7, 11) is 0. The first kappa shape index (κ1) is 12.0. The fraction of sp³-hybridized carbons (Fsp3) is 0.625. The molecule has 0 bridgehead atoms. The van der Waals surface area contributed by atoms with E-state index >= 15 is 0 Å². The average molecular weight is 244 g/mol. The van der Waals surface area contributed by atoms with Crippen LogP contribution in [0.2, 0.25) is 0 Å². The lowest BCUT2D eigenvalue weighted by atomic mass is 10.0. The summed E-state index contributed by atoms with van der Waals surface area (Å²) in [5, 5.41) is 3.57. The van der Waals surface area contributed by atoms with Crippen LogP contribution in [0.4, 0.5) is 5.69 Å². The Hall–Kier alpha value is -1.02. The molecule has 0 unspecified atom stereocenters. The number of rotatable bonds is 3. The van der Waals surface area contributed by atoms with Crippen molar-refractivity contribution in [1.29, 1.82) is 0 Å². The van der Waals surface area contributed by atoms with Crippen molar-refractivity contribution >= 4 is 5.69 Å². The van der Waals surface area contributed by atoms with Crippen LogP contribution in [-0.2, 0) is 12.8 Å². The molecule has 0 spiro atoms. The molecule has 1 fully saturated rings. The molecule has 0 radical (unpaired) electrons. The molecule has 1 saturated heterocycles. The Morgan fingerprint density at radius 1 is 1.17 bits per heavy atom. The Balaban J connectivity index is 1.66. The van der Waals surface area contributed by atoms with Gasteiger partial charge in [0.2, 0.25) is 0 Å². The molecule has 18 heavy (non-hydrogen) atoms. The fourth-order valence-electron chi connectivity index (χ4n) is 3.39. The molecular weight excluding hydrogens is 220 g/mol. The third-order valence-electron chi connectivity index (χ3n) is 4.43. The summed E-state index contributed by atoms with van der Waals surface area (Å²) in [6, 6.07) is 7.86. The highest BCUT2D eigenvalue weighted by molar-refractivity contribution is 5.52. The molecule has 1 heterocycles. The molecule has 1 aliphatic carbocycles. The highest BCUT2D eigenvalue weighted by atomic mass is 15.1. The summed E-state index contributed by atoms with van der Waals surface area (Å²) >= 11 is 0. The van der Waals surface area contributed by atoms with Crippen molar-refractivity contribution in [2.75, 3.05) is 24.5 Å². The predicted molar refractivity (Wildman–Crippen MR) is 77.4 cm³/mol. The molecule has 1 N–H and O–H groups in total. The largest absolute Gasteiger partial charge is 0.371 e. The summed E-state index contributed by atoms with van der Waals surface area (Å²) in [5.74, 6) is 0. The minimum Gasteiger partial charge on any atom is -0.371 e. The van der Waals surface area contributed by atoms with E-state index in [0.29, 0.717) is 0 Å². The molecule has 2 heteroatoms. The molecule has 2 aliphatic rings. The van der Waals surface area contributed by atoms with Crippen LogP contribution >= 0.6 is 0 Å². The lowest BCUT2D eigenvalue weighted by Gasteiger charge is -2.34. The molecule has 98 valence electrons. The van der Waals surface area contributed by atoms with Crippen LogP contribution in [0.5, 0.6) is 0 Å².